The predicted molar refractivity (Wildman–Crippen MR) is 148 cm³/mol. The second-order valence-electron chi connectivity index (χ2n) is 11.3. The predicted octanol–water partition coefficient (Wildman–Crippen LogP) is 6.77. The van der Waals surface area contributed by atoms with Gasteiger partial charge in [-0.3, -0.25) is 5.10 Å². The number of fused-ring (bicyclic) bond motifs is 1. The van der Waals surface area contributed by atoms with E-state index in [1.54, 1.807) is 20.8 Å². The average Bonchev–Trinajstić information content (AvgIpc) is 3.33. The van der Waals surface area contributed by atoms with Crippen molar-refractivity contribution in [1.82, 2.24) is 15.1 Å². The Hall–Kier alpha value is -3.30. The maximum Gasteiger partial charge on any atom is 0.410 e. The largest absolute Gasteiger partial charge is 0.444 e. The zero-order valence-corrected chi connectivity index (χ0v) is 23.7. The minimum Gasteiger partial charge on any atom is -0.444 e. The number of hydrogen-bond acceptors (Lipinski definition) is 5. The zero-order valence-electron chi connectivity index (χ0n) is 23.7. The van der Waals surface area contributed by atoms with Gasteiger partial charge in [-0.05, 0) is 51.7 Å². The van der Waals surface area contributed by atoms with E-state index in [1.807, 2.05) is 67.6 Å². The molecular formula is C31H39F2N3O4. The third-order valence-electron chi connectivity index (χ3n) is 6.82. The van der Waals surface area contributed by atoms with Crippen molar-refractivity contribution >= 4 is 6.09 Å². The van der Waals surface area contributed by atoms with Crippen molar-refractivity contribution < 1.29 is 27.8 Å². The van der Waals surface area contributed by atoms with Gasteiger partial charge in [0.2, 0.25) is 0 Å². The Balaban J connectivity index is 1.49. The van der Waals surface area contributed by atoms with E-state index in [4.69, 9.17) is 14.2 Å². The van der Waals surface area contributed by atoms with Gasteiger partial charge in [-0.25, -0.2) is 4.79 Å². The Labute approximate surface area is 234 Å². The quantitative estimate of drug-likeness (QED) is 0.265. The molecule has 1 aliphatic rings. The topological polar surface area (TPSA) is 76.7 Å². The van der Waals surface area contributed by atoms with Crippen LogP contribution in [0, 0.1) is 0 Å². The molecule has 1 aromatic heterocycles. The molecule has 0 fully saturated rings. The number of benzene rings is 2. The maximum atomic E-state index is 16.2. The van der Waals surface area contributed by atoms with Crippen LogP contribution in [0.2, 0.25) is 0 Å². The summed E-state index contributed by atoms with van der Waals surface area (Å²) >= 11 is 0. The van der Waals surface area contributed by atoms with Gasteiger partial charge in [0.1, 0.15) is 17.4 Å². The van der Waals surface area contributed by atoms with Crippen LogP contribution in [-0.2, 0) is 46.3 Å². The third-order valence-corrected chi connectivity index (χ3v) is 6.82. The van der Waals surface area contributed by atoms with Crippen molar-refractivity contribution in [3.63, 3.8) is 0 Å². The Morgan fingerprint density at radius 1 is 1.05 bits per heavy atom. The summed E-state index contributed by atoms with van der Waals surface area (Å²) in [6, 6.07) is 18.7. The SMILES string of the molecule is C[C@@H]1Cc2[nH]nc(C(F)(F)C(CCCOCc3ccccc3)OCc3ccccc3)c2CN1C(=O)OC(C)(C)C. The number of halogens is 2. The number of aromatic nitrogens is 2. The monoisotopic (exact) mass is 555 g/mol. The van der Waals surface area contributed by atoms with Gasteiger partial charge in [0, 0.05) is 30.3 Å². The molecule has 1 unspecified atom stereocenters. The first-order valence-electron chi connectivity index (χ1n) is 13.8. The number of alkyl halides is 2. The Morgan fingerprint density at radius 2 is 1.68 bits per heavy atom. The summed E-state index contributed by atoms with van der Waals surface area (Å²) in [6.07, 6.45) is -1.14. The van der Waals surface area contributed by atoms with E-state index in [0.29, 0.717) is 37.3 Å². The van der Waals surface area contributed by atoms with Gasteiger partial charge in [0.05, 0.1) is 19.8 Å². The number of aromatic amines is 1. The lowest BCUT2D eigenvalue weighted by atomic mass is 9.95. The van der Waals surface area contributed by atoms with E-state index in [2.05, 4.69) is 10.2 Å². The third kappa shape index (κ3) is 7.67. The summed E-state index contributed by atoms with van der Waals surface area (Å²) in [6.45, 7) is 7.96. The highest BCUT2D eigenvalue weighted by molar-refractivity contribution is 5.69. The molecule has 7 nitrogen and oxygen atoms in total. The van der Waals surface area contributed by atoms with Gasteiger partial charge < -0.3 is 19.1 Å². The highest BCUT2D eigenvalue weighted by atomic mass is 19.3. The number of carbonyl (C=O) groups excluding carboxylic acids is 1. The van der Waals surface area contributed by atoms with E-state index < -0.39 is 23.7 Å². The molecule has 0 aliphatic carbocycles. The average molecular weight is 556 g/mol. The zero-order chi connectivity index (χ0) is 28.8. The van der Waals surface area contributed by atoms with Crippen LogP contribution < -0.4 is 0 Å². The van der Waals surface area contributed by atoms with Crippen LogP contribution in [0.4, 0.5) is 13.6 Å². The lowest BCUT2D eigenvalue weighted by Gasteiger charge is -2.35. The fourth-order valence-electron chi connectivity index (χ4n) is 4.74. The molecule has 1 aliphatic heterocycles. The van der Waals surface area contributed by atoms with E-state index >= 15 is 8.78 Å². The molecule has 0 saturated heterocycles. The fourth-order valence-corrected chi connectivity index (χ4v) is 4.74. The fraction of sp³-hybridized carbons (Fsp3) is 0.484. The van der Waals surface area contributed by atoms with Gasteiger partial charge in [-0.1, -0.05) is 60.7 Å². The second-order valence-corrected chi connectivity index (χ2v) is 11.3. The number of nitrogens with one attached hydrogen (secondary N) is 1. The van der Waals surface area contributed by atoms with Crippen molar-refractivity contribution in [3.8, 4) is 0 Å². The number of hydrogen-bond donors (Lipinski definition) is 1. The van der Waals surface area contributed by atoms with Crippen LogP contribution in [0.3, 0.4) is 0 Å². The van der Waals surface area contributed by atoms with E-state index in [1.165, 1.54) is 4.90 Å². The standard InChI is InChI=1S/C31H39F2N3O4/c1-22-18-26-25(19-36(22)29(37)40-30(2,3)4)28(35-34-26)31(32,33)27(39-21-24-14-9-6-10-15-24)16-11-17-38-20-23-12-7-5-8-13-23/h5-10,12-15,22,27H,11,16-21H2,1-4H3,(H,34,35)/t22-,27?/m1/s1. The lowest BCUT2D eigenvalue weighted by molar-refractivity contribution is -0.156. The summed E-state index contributed by atoms with van der Waals surface area (Å²) in [5.41, 5.74) is 1.68. The number of H-pyrrole nitrogens is 1. The molecule has 0 saturated carbocycles. The van der Waals surface area contributed by atoms with Crippen molar-refractivity contribution in [2.75, 3.05) is 6.61 Å². The first-order valence-corrected chi connectivity index (χ1v) is 13.8. The molecular weight excluding hydrogens is 516 g/mol. The van der Waals surface area contributed by atoms with Crippen LogP contribution in [0.1, 0.15) is 68.6 Å². The molecule has 2 heterocycles. The Bertz CT molecular complexity index is 1230. The molecule has 1 N–H and O–H groups in total. The Kier molecular flexibility index (Phi) is 9.58. The summed E-state index contributed by atoms with van der Waals surface area (Å²) in [7, 11) is 0. The normalized spacial score (nSPS) is 16.4. The first-order chi connectivity index (χ1) is 19.0. The van der Waals surface area contributed by atoms with Crippen molar-refractivity contribution in [2.24, 2.45) is 0 Å². The van der Waals surface area contributed by atoms with Gasteiger partial charge in [-0.15, -0.1) is 0 Å². The highest BCUT2D eigenvalue weighted by Gasteiger charge is 2.48. The van der Waals surface area contributed by atoms with Crippen LogP contribution in [0.15, 0.2) is 60.7 Å². The number of nitrogens with zero attached hydrogens (tertiary/aromatic N) is 2. The summed E-state index contributed by atoms with van der Waals surface area (Å²) in [5.74, 6) is -3.40. The van der Waals surface area contributed by atoms with Gasteiger partial charge in [0.25, 0.3) is 0 Å². The smallest absolute Gasteiger partial charge is 0.410 e. The van der Waals surface area contributed by atoms with Crippen molar-refractivity contribution in [2.45, 2.75) is 90.4 Å². The summed E-state index contributed by atoms with van der Waals surface area (Å²) < 4.78 is 49.6. The lowest BCUT2D eigenvalue weighted by Crippen LogP contribution is -2.45. The van der Waals surface area contributed by atoms with Crippen LogP contribution in [0.25, 0.3) is 0 Å². The highest BCUT2D eigenvalue weighted by Crippen LogP contribution is 2.40. The first kappa shape index (κ1) is 29.7. The number of carbonyl (C=O) groups is 1. The summed E-state index contributed by atoms with van der Waals surface area (Å²) in [4.78, 5) is 14.3. The molecule has 0 spiro atoms. The minimum atomic E-state index is -3.40. The number of rotatable bonds is 11. The molecule has 2 aromatic carbocycles. The van der Waals surface area contributed by atoms with Crippen LogP contribution in [0.5, 0.6) is 0 Å². The molecule has 1 amide bonds. The van der Waals surface area contributed by atoms with E-state index in [9.17, 15) is 4.79 Å². The molecule has 216 valence electrons. The summed E-state index contributed by atoms with van der Waals surface area (Å²) in [5, 5.41) is 6.87. The van der Waals surface area contributed by atoms with E-state index in [0.717, 1.165) is 11.1 Å². The molecule has 2 atom stereocenters. The van der Waals surface area contributed by atoms with Crippen molar-refractivity contribution in [1.29, 1.82) is 0 Å². The molecule has 0 bridgehead atoms. The Morgan fingerprint density at radius 3 is 2.30 bits per heavy atom. The number of amides is 1. The molecule has 40 heavy (non-hydrogen) atoms. The van der Waals surface area contributed by atoms with Gasteiger partial charge >= 0.3 is 12.0 Å². The van der Waals surface area contributed by atoms with Gasteiger partial charge in [0.15, 0.2) is 0 Å². The molecule has 9 heteroatoms. The molecule has 4 rings (SSSR count). The number of ether oxygens (including phenoxy) is 3. The minimum absolute atomic E-state index is 0.0154. The van der Waals surface area contributed by atoms with Gasteiger partial charge in [-0.2, -0.15) is 13.9 Å². The second kappa shape index (κ2) is 12.9. The van der Waals surface area contributed by atoms with Crippen LogP contribution in [-0.4, -0.2) is 45.5 Å². The van der Waals surface area contributed by atoms with E-state index in [-0.39, 0.29) is 31.3 Å². The molecule has 3 aromatic rings. The molecule has 0 radical (unpaired) electrons. The van der Waals surface area contributed by atoms with Crippen molar-refractivity contribution in [3.05, 3.63) is 88.7 Å². The maximum absolute atomic E-state index is 16.2. The van der Waals surface area contributed by atoms with Crippen LogP contribution >= 0.6 is 0 Å².